The van der Waals surface area contributed by atoms with Crippen LogP contribution in [0, 0.1) is 0 Å². The molecule has 0 aliphatic heterocycles. The maximum Gasteiger partial charge on any atom is 0.208 e. The van der Waals surface area contributed by atoms with Gasteiger partial charge in [0.25, 0.3) is 0 Å². The summed E-state index contributed by atoms with van der Waals surface area (Å²) in [5, 5.41) is 0. The van der Waals surface area contributed by atoms with Crippen LogP contribution in [-0.4, -0.2) is 24.1 Å². The normalized spacial score (nSPS) is 16.7. The Labute approximate surface area is 131 Å². The van der Waals surface area contributed by atoms with E-state index in [0.29, 0.717) is 23.1 Å². The standard InChI is InChI=1S/C17H22N4O/c1-4-21(11(2)3)14-7-5-13(6-8-14)20-17-15(19)9-12(18)10-16(17)22/h5-11H,4,18-19H2,1-3H3. The number of aliphatic imine (C=N–C) groups is 1. The van der Waals surface area contributed by atoms with Gasteiger partial charge < -0.3 is 16.4 Å². The van der Waals surface area contributed by atoms with Gasteiger partial charge in [0.1, 0.15) is 5.71 Å². The average molecular weight is 298 g/mol. The number of carbonyl (C=O) groups is 1. The topological polar surface area (TPSA) is 84.7 Å². The van der Waals surface area contributed by atoms with Gasteiger partial charge in [-0.1, -0.05) is 0 Å². The molecule has 0 radical (unpaired) electrons. The van der Waals surface area contributed by atoms with E-state index in [0.717, 1.165) is 12.2 Å². The molecule has 0 spiro atoms. The van der Waals surface area contributed by atoms with E-state index in [1.54, 1.807) is 6.08 Å². The van der Waals surface area contributed by atoms with Crippen molar-refractivity contribution < 1.29 is 4.79 Å². The second kappa shape index (κ2) is 6.47. The fourth-order valence-electron chi connectivity index (χ4n) is 2.46. The Bertz CT molecular complexity index is 654. The largest absolute Gasteiger partial charge is 0.399 e. The molecular weight excluding hydrogens is 276 g/mol. The van der Waals surface area contributed by atoms with E-state index >= 15 is 0 Å². The molecule has 0 unspecified atom stereocenters. The van der Waals surface area contributed by atoms with Crippen molar-refractivity contribution in [3.05, 3.63) is 47.8 Å². The molecule has 5 nitrogen and oxygen atoms in total. The summed E-state index contributed by atoms with van der Waals surface area (Å²) in [6, 6.07) is 8.19. The zero-order valence-electron chi connectivity index (χ0n) is 13.2. The van der Waals surface area contributed by atoms with Crippen molar-refractivity contribution in [1.82, 2.24) is 0 Å². The average Bonchev–Trinajstić information content (AvgIpc) is 2.44. The lowest BCUT2D eigenvalue weighted by Crippen LogP contribution is -2.30. The van der Waals surface area contributed by atoms with Crippen molar-refractivity contribution in [3.63, 3.8) is 0 Å². The van der Waals surface area contributed by atoms with Crippen LogP contribution in [-0.2, 0) is 4.79 Å². The van der Waals surface area contributed by atoms with Gasteiger partial charge in [-0.2, -0.15) is 0 Å². The second-order valence-corrected chi connectivity index (χ2v) is 5.46. The summed E-state index contributed by atoms with van der Waals surface area (Å²) in [5.41, 5.74) is 14.1. The molecule has 0 aromatic heterocycles. The molecule has 1 aromatic carbocycles. The van der Waals surface area contributed by atoms with Crippen molar-refractivity contribution in [3.8, 4) is 0 Å². The van der Waals surface area contributed by atoms with E-state index in [2.05, 4.69) is 30.7 Å². The summed E-state index contributed by atoms with van der Waals surface area (Å²) in [6.45, 7) is 7.36. The molecule has 0 saturated heterocycles. The van der Waals surface area contributed by atoms with Gasteiger partial charge >= 0.3 is 0 Å². The maximum atomic E-state index is 11.9. The van der Waals surface area contributed by atoms with Crippen LogP contribution in [0.5, 0.6) is 0 Å². The van der Waals surface area contributed by atoms with E-state index in [4.69, 9.17) is 11.5 Å². The van der Waals surface area contributed by atoms with Gasteiger partial charge in [0.2, 0.25) is 5.78 Å². The lowest BCUT2D eigenvalue weighted by Gasteiger charge is -2.27. The maximum absolute atomic E-state index is 11.9. The third-order valence-electron chi connectivity index (χ3n) is 3.51. The Balaban J connectivity index is 2.27. The monoisotopic (exact) mass is 298 g/mol. The fourth-order valence-corrected chi connectivity index (χ4v) is 2.46. The highest BCUT2D eigenvalue weighted by molar-refractivity contribution is 6.50. The van der Waals surface area contributed by atoms with Gasteiger partial charge in [-0.05, 0) is 51.1 Å². The number of hydrogen-bond acceptors (Lipinski definition) is 5. The number of nitrogens with zero attached hydrogens (tertiary/aromatic N) is 2. The first kappa shape index (κ1) is 15.8. The van der Waals surface area contributed by atoms with Crippen molar-refractivity contribution >= 4 is 22.9 Å². The Morgan fingerprint density at radius 1 is 1.14 bits per heavy atom. The van der Waals surface area contributed by atoms with E-state index in [1.807, 2.05) is 24.3 Å². The number of rotatable bonds is 4. The number of nitrogens with two attached hydrogens (primary N) is 2. The molecule has 0 fully saturated rings. The molecule has 0 saturated carbocycles. The zero-order chi connectivity index (χ0) is 16.3. The first-order valence-electron chi connectivity index (χ1n) is 7.36. The summed E-state index contributed by atoms with van der Waals surface area (Å²) in [5.74, 6) is -0.265. The van der Waals surface area contributed by atoms with Crippen LogP contribution >= 0.6 is 0 Å². The minimum Gasteiger partial charge on any atom is -0.399 e. The molecule has 1 aliphatic rings. The molecule has 116 valence electrons. The predicted octanol–water partition coefficient (Wildman–Crippen LogP) is 2.26. The Kier molecular flexibility index (Phi) is 4.65. The summed E-state index contributed by atoms with van der Waals surface area (Å²) < 4.78 is 0. The second-order valence-electron chi connectivity index (χ2n) is 5.46. The van der Waals surface area contributed by atoms with Crippen LogP contribution in [0.15, 0.2) is 52.8 Å². The van der Waals surface area contributed by atoms with Crippen molar-refractivity contribution in [2.24, 2.45) is 16.5 Å². The lowest BCUT2D eigenvalue weighted by molar-refractivity contribution is -0.108. The van der Waals surface area contributed by atoms with E-state index in [-0.39, 0.29) is 11.5 Å². The number of benzene rings is 1. The molecule has 0 atom stereocenters. The molecule has 1 aliphatic carbocycles. The summed E-state index contributed by atoms with van der Waals surface area (Å²) >= 11 is 0. The number of anilines is 1. The highest BCUT2D eigenvalue weighted by Crippen LogP contribution is 2.22. The first-order valence-corrected chi connectivity index (χ1v) is 7.36. The van der Waals surface area contributed by atoms with Crippen molar-refractivity contribution in [2.75, 3.05) is 11.4 Å². The number of ketones is 1. The van der Waals surface area contributed by atoms with Gasteiger partial charge in [0, 0.05) is 30.0 Å². The predicted molar refractivity (Wildman–Crippen MR) is 91.2 cm³/mol. The zero-order valence-corrected chi connectivity index (χ0v) is 13.2. The highest BCUT2D eigenvalue weighted by Gasteiger charge is 2.17. The van der Waals surface area contributed by atoms with Gasteiger partial charge in [-0.25, -0.2) is 4.99 Å². The van der Waals surface area contributed by atoms with Gasteiger partial charge in [-0.15, -0.1) is 0 Å². The third kappa shape index (κ3) is 3.36. The van der Waals surface area contributed by atoms with Crippen molar-refractivity contribution in [2.45, 2.75) is 26.8 Å². The Hall–Kier alpha value is -2.56. The fraction of sp³-hybridized carbons (Fsp3) is 0.294. The van der Waals surface area contributed by atoms with Crippen LogP contribution in [0.1, 0.15) is 20.8 Å². The Morgan fingerprint density at radius 2 is 1.77 bits per heavy atom. The van der Waals surface area contributed by atoms with Gasteiger partial charge in [0.05, 0.1) is 11.4 Å². The van der Waals surface area contributed by atoms with Crippen LogP contribution in [0.3, 0.4) is 0 Å². The van der Waals surface area contributed by atoms with E-state index < -0.39 is 0 Å². The Morgan fingerprint density at radius 3 is 2.27 bits per heavy atom. The van der Waals surface area contributed by atoms with Gasteiger partial charge in [0.15, 0.2) is 0 Å². The highest BCUT2D eigenvalue weighted by atomic mass is 16.1. The summed E-state index contributed by atoms with van der Waals surface area (Å²) in [4.78, 5) is 18.5. The molecule has 5 heteroatoms. The minimum atomic E-state index is -0.265. The molecule has 0 amide bonds. The molecular formula is C17H22N4O. The van der Waals surface area contributed by atoms with Gasteiger partial charge in [-0.3, -0.25) is 4.79 Å². The molecule has 22 heavy (non-hydrogen) atoms. The van der Waals surface area contributed by atoms with Crippen LogP contribution in [0.2, 0.25) is 0 Å². The van der Waals surface area contributed by atoms with E-state index in [9.17, 15) is 4.79 Å². The lowest BCUT2D eigenvalue weighted by atomic mass is 10.1. The molecule has 0 bridgehead atoms. The quantitative estimate of drug-likeness (QED) is 0.835. The number of carbonyl (C=O) groups excluding carboxylic acids is 1. The van der Waals surface area contributed by atoms with Crippen molar-refractivity contribution in [1.29, 1.82) is 0 Å². The van der Waals surface area contributed by atoms with Crippen LogP contribution in [0.25, 0.3) is 0 Å². The minimum absolute atomic E-state index is 0.234. The first-order chi connectivity index (χ1) is 10.4. The molecule has 2 rings (SSSR count). The molecule has 4 N–H and O–H groups in total. The summed E-state index contributed by atoms with van der Waals surface area (Å²) in [6.07, 6.45) is 2.88. The third-order valence-corrected chi connectivity index (χ3v) is 3.51. The SMILES string of the molecule is CCN(c1ccc(N=C2C(=O)C=C(N)C=C2N)cc1)C(C)C. The molecule has 1 aromatic rings. The number of hydrogen-bond donors (Lipinski definition) is 2. The summed E-state index contributed by atoms with van der Waals surface area (Å²) in [7, 11) is 0. The smallest absolute Gasteiger partial charge is 0.208 e. The molecule has 0 heterocycles. The van der Waals surface area contributed by atoms with Crippen LogP contribution < -0.4 is 16.4 Å². The van der Waals surface area contributed by atoms with E-state index in [1.165, 1.54) is 6.08 Å². The van der Waals surface area contributed by atoms with Crippen LogP contribution in [0.4, 0.5) is 11.4 Å². The number of allylic oxidation sites excluding steroid dienone is 3.